The van der Waals surface area contributed by atoms with Gasteiger partial charge in [0.2, 0.25) is 5.91 Å². The maximum absolute atomic E-state index is 11.9. The van der Waals surface area contributed by atoms with Crippen molar-refractivity contribution in [2.75, 3.05) is 33.4 Å². The number of rotatable bonds is 4. The van der Waals surface area contributed by atoms with Gasteiger partial charge in [-0.1, -0.05) is 12.1 Å². The molecule has 0 aromatic heterocycles. The Hall–Kier alpha value is -1.55. The zero-order chi connectivity index (χ0) is 12.8. The molecule has 0 radical (unpaired) electrons. The molecule has 0 aliphatic carbocycles. The van der Waals surface area contributed by atoms with E-state index < -0.39 is 0 Å². The maximum Gasteiger partial charge on any atom is 0.223 e. The third-order valence-electron chi connectivity index (χ3n) is 3.15. The number of carbonyl (C=O) groups excluding carboxylic acids is 1. The van der Waals surface area contributed by atoms with Gasteiger partial charge in [-0.05, 0) is 24.1 Å². The predicted octanol–water partition coefficient (Wildman–Crippen LogP) is 1.49. The highest BCUT2D eigenvalue weighted by atomic mass is 16.5. The standard InChI is InChI=1S/C14H19NO3/c1-17-13-5-2-12(3-6-13)4-7-14(16)15-8-10-18-11-9-15/h2-3,5-6H,4,7-11H2,1H3. The smallest absolute Gasteiger partial charge is 0.223 e. The largest absolute Gasteiger partial charge is 0.497 e. The first-order chi connectivity index (χ1) is 8.79. The molecule has 0 unspecified atom stereocenters. The van der Waals surface area contributed by atoms with E-state index in [1.807, 2.05) is 29.2 Å². The summed E-state index contributed by atoms with van der Waals surface area (Å²) in [5.41, 5.74) is 1.16. The van der Waals surface area contributed by atoms with Gasteiger partial charge in [0.05, 0.1) is 20.3 Å². The Morgan fingerprint density at radius 2 is 1.94 bits per heavy atom. The van der Waals surface area contributed by atoms with Crippen LogP contribution >= 0.6 is 0 Å². The minimum absolute atomic E-state index is 0.217. The molecule has 2 rings (SSSR count). The fourth-order valence-corrected chi connectivity index (χ4v) is 2.01. The lowest BCUT2D eigenvalue weighted by atomic mass is 10.1. The van der Waals surface area contributed by atoms with Crippen LogP contribution in [-0.2, 0) is 16.0 Å². The minimum atomic E-state index is 0.217. The lowest BCUT2D eigenvalue weighted by molar-refractivity contribution is -0.135. The van der Waals surface area contributed by atoms with E-state index in [1.54, 1.807) is 7.11 Å². The van der Waals surface area contributed by atoms with E-state index in [9.17, 15) is 4.79 Å². The summed E-state index contributed by atoms with van der Waals surface area (Å²) in [6.45, 7) is 2.77. The van der Waals surface area contributed by atoms with Crippen molar-refractivity contribution < 1.29 is 14.3 Å². The highest BCUT2D eigenvalue weighted by molar-refractivity contribution is 5.76. The Morgan fingerprint density at radius 3 is 2.56 bits per heavy atom. The van der Waals surface area contributed by atoms with Crippen LogP contribution in [0.4, 0.5) is 0 Å². The van der Waals surface area contributed by atoms with Gasteiger partial charge in [0.25, 0.3) is 0 Å². The summed E-state index contributed by atoms with van der Waals surface area (Å²) in [5, 5.41) is 0. The summed E-state index contributed by atoms with van der Waals surface area (Å²) in [6.07, 6.45) is 1.34. The Bertz CT molecular complexity index is 383. The molecule has 0 bridgehead atoms. The van der Waals surface area contributed by atoms with Crippen molar-refractivity contribution in [3.63, 3.8) is 0 Å². The first-order valence-electron chi connectivity index (χ1n) is 6.28. The summed E-state index contributed by atoms with van der Waals surface area (Å²) in [4.78, 5) is 13.8. The molecule has 4 heteroatoms. The van der Waals surface area contributed by atoms with Crippen LogP contribution in [0.25, 0.3) is 0 Å². The summed E-state index contributed by atoms with van der Waals surface area (Å²) in [6, 6.07) is 7.86. The molecule has 1 saturated heterocycles. The van der Waals surface area contributed by atoms with Crippen LogP contribution in [0, 0.1) is 0 Å². The van der Waals surface area contributed by atoms with E-state index in [0.29, 0.717) is 19.6 Å². The summed E-state index contributed by atoms with van der Waals surface area (Å²) in [7, 11) is 1.65. The van der Waals surface area contributed by atoms with Crippen molar-refractivity contribution in [3.05, 3.63) is 29.8 Å². The van der Waals surface area contributed by atoms with Crippen molar-refractivity contribution in [2.24, 2.45) is 0 Å². The molecule has 1 heterocycles. The third-order valence-corrected chi connectivity index (χ3v) is 3.15. The van der Waals surface area contributed by atoms with Gasteiger partial charge < -0.3 is 14.4 Å². The Balaban J connectivity index is 1.80. The van der Waals surface area contributed by atoms with Crippen LogP contribution in [0.15, 0.2) is 24.3 Å². The van der Waals surface area contributed by atoms with Gasteiger partial charge in [-0.15, -0.1) is 0 Å². The monoisotopic (exact) mass is 249 g/mol. The number of nitrogens with zero attached hydrogens (tertiary/aromatic N) is 1. The Labute approximate surface area is 107 Å². The quantitative estimate of drug-likeness (QED) is 0.811. The SMILES string of the molecule is COc1ccc(CCC(=O)N2CCOCC2)cc1. The molecule has 0 N–H and O–H groups in total. The average Bonchev–Trinajstić information content (AvgIpc) is 2.46. The summed E-state index contributed by atoms with van der Waals surface area (Å²) < 4.78 is 10.3. The second kappa shape index (κ2) is 6.40. The summed E-state index contributed by atoms with van der Waals surface area (Å²) in [5.74, 6) is 1.06. The van der Waals surface area contributed by atoms with Crippen molar-refractivity contribution in [1.82, 2.24) is 4.90 Å². The van der Waals surface area contributed by atoms with Gasteiger partial charge in [0.1, 0.15) is 5.75 Å². The van der Waals surface area contributed by atoms with Crippen LogP contribution in [0.5, 0.6) is 5.75 Å². The van der Waals surface area contributed by atoms with E-state index in [-0.39, 0.29) is 5.91 Å². The van der Waals surface area contributed by atoms with E-state index in [0.717, 1.165) is 30.8 Å². The summed E-state index contributed by atoms with van der Waals surface area (Å²) >= 11 is 0. The highest BCUT2D eigenvalue weighted by Crippen LogP contribution is 2.13. The third kappa shape index (κ3) is 3.47. The normalized spacial score (nSPS) is 15.5. The Morgan fingerprint density at radius 1 is 1.28 bits per heavy atom. The molecular formula is C14H19NO3. The van der Waals surface area contributed by atoms with Crippen molar-refractivity contribution >= 4 is 5.91 Å². The lowest BCUT2D eigenvalue weighted by Gasteiger charge is -2.26. The second-order valence-corrected chi connectivity index (χ2v) is 4.34. The zero-order valence-electron chi connectivity index (χ0n) is 10.7. The molecule has 1 aliphatic heterocycles. The molecule has 0 saturated carbocycles. The van der Waals surface area contributed by atoms with Crippen molar-refractivity contribution in [2.45, 2.75) is 12.8 Å². The maximum atomic E-state index is 11.9. The van der Waals surface area contributed by atoms with E-state index in [1.165, 1.54) is 0 Å². The van der Waals surface area contributed by atoms with Gasteiger partial charge in [-0.25, -0.2) is 0 Å². The molecular weight excluding hydrogens is 230 g/mol. The molecule has 18 heavy (non-hydrogen) atoms. The molecule has 1 aromatic rings. The van der Waals surface area contributed by atoms with Gasteiger partial charge in [0, 0.05) is 19.5 Å². The van der Waals surface area contributed by atoms with Crippen molar-refractivity contribution in [1.29, 1.82) is 0 Å². The molecule has 1 amide bonds. The number of hydrogen-bond acceptors (Lipinski definition) is 3. The van der Waals surface area contributed by atoms with Crippen LogP contribution in [0.2, 0.25) is 0 Å². The molecule has 1 fully saturated rings. The van der Waals surface area contributed by atoms with Gasteiger partial charge in [-0.3, -0.25) is 4.79 Å². The molecule has 1 aromatic carbocycles. The minimum Gasteiger partial charge on any atom is -0.497 e. The predicted molar refractivity (Wildman–Crippen MR) is 68.7 cm³/mol. The van der Waals surface area contributed by atoms with Gasteiger partial charge >= 0.3 is 0 Å². The van der Waals surface area contributed by atoms with E-state index in [2.05, 4.69) is 0 Å². The number of methoxy groups -OCH3 is 1. The highest BCUT2D eigenvalue weighted by Gasteiger charge is 2.16. The van der Waals surface area contributed by atoms with Gasteiger partial charge in [-0.2, -0.15) is 0 Å². The number of carbonyl (C=O) groups is 1. The first kappa shape index (κ1) is 12.9. The van der Waals surface area contributed by atoms with Gasteiger partial charge in [0.15, 0.2) is 0 Å². The van der Waals surface area contributed by atoms with Crippen molar-refractivity contribution in [3.8, 4) is 5.75 Å². The number of ether oxygens (including phenoxy) is 2. The topological polar surface area (TPSA) is 38.8 Å². The van der Waals surface area contributed by atoms with Crippen LogP contribution in [0.1, 0.15) is 12.0 Å². The van der Waals surface area contributed by atoms with Crippen LogP contribution < -0.4 is 4.74 Å². The number of morpholine rings is 1. The molecule has 0 atom stereocenters. The second-order valence-electron chi connectivity index (χ2n) is 4.34. The molecule has 4 nitrogen and oxygen atoms in total. The molecule has 1 aliphatic rings. The number of benzene rings is 1. The number of aryl methyl sites for hydroxylation is 1. The fraction of sp³-hybridized carbons (Fsp3) is 0.500. The zero-order valence-corrected chi connectivity index (χ0v) is 10.7. The van der Waals surface area contributed by atoms with E-state index in [4.69, 9.17) is 9.47 Å². The number of hydrogen-bond donors (Lipinski definition) is 0. The Kier molecular flexibility index (Phi) is 4.59. The number of amides is 1. The molecule has 98 valence electrons. The molecule has 0 spiro atoms. The van der Waals surface area contributed by atoms with Crippen LogP contribution in [-0.4, -0.2) is 44.2 Å². The average molecular weight is 249 g/mol. The fourth-order valence-electron chi connectivity index (χ4n) is 2.01. The van der Waals surface area contributed by atoms with E-state index >= 15 is 0 Å². The lowest BCUT2D eigenvalue weighted by Crippen LogP contribution is -2.40. The first-order valence-corrected chi connectivity index (χ1v) is 6.28. The van der Waals surface area contributed by atoms with Crippen LogP contribution in [0.3, 0.4) is 0 Å².